The Hall–Kier alpha value is -3.64. The molecule has 1 aliphatic carbocycles. The average Bonchev–Trinajstić information content (AvgIpc) is 3.26. The molecule has 4 aromatic rings. The molecule has 6 heteroatoms. The van der Waals surface area contributed by atoms with Gasteiger partial charge in [-0.05, 0) is 34.9 Å². The van der Waals surface area contributed by atoms with E-state index < -0.39 is 0 Å². The van der Waals surface area contributed by atoms with Crippen LogP contribution in [-0.2, 0) is 11.3 Å². The van der Waals surface area contributed by atoms with Crippen LogP contribution in [0.4, 0.5) is 5.69 Å². The van der Waals surface area contributed by atoms with Crippen molar-refractivity contribution in [3.63, 3.8) is 0 Å². The van der Waals surface area contributed by atoms with Gasteiger partial charge in [0.1, 0.15) is 5.82 Å². The Bertz CT molecular complexity index is 1320. The number of carbonyl (C=O) groups excluding carboxylic acids is 1. The van der Waals surface area contributed by atoms with Gasteiger partial charge in [0, 0.05) is 11.6 Å². The fourth-order valence-electron chi connectivity index (χ4n) is 4.05. The van der Waals surface area contributed by atoms with Crippen LogP contribution in [0.2, 0.25) is 0 Å². The van der Waals surface area contributed by atoms with Gasteiger partial charge in [-0.1, -0.05) is 96.7 Å². The number of benzene rings is 3. The Kier molecular flexibility index (Phi) is 6.35. The molecule has 1 N–H and O–H groups in total. The van der Waals surface area contributed by atoms with Crippen LogP contribution in [-0.4, -0.2) is 26.4 Å². The Morgan fingerprint density at radius 1 is 0.970 bits per heavy atom. The lowest BCUT2D eigenvalue weighted by Crippen LogP contribution is -2.15. The number of allylic oxidation sites excluding steroid dienone is 4. The minimum Gasteiger partial charge on any atom is -0.325 e. The van der Waals surface area contributed by atoms with Crippen molar-refractivity contribution in [2.75, 3.05) is 11.1 Å². The maximum absolute atomic E-state index is 12.5. The molecule has 0 fully saturated rings. The van der Waals surface area contributed by atoms with Gasteiger partial charge in [-0.25, -0.2) is 0 Å². The lowest BCUT2D eigenvalue weighted by Gasteiger charge is -2.17. The van der Waals surface area contributed by atoms with Crippen LogP contribution < -0.4 is 5.32 Å². The van der Waals surface area contributed by atoms with Gasteiger partial charge in [-0.15, -0.1) is 10.2 Å². The number of hydrogen-bond acceptors (Lipinski definition) is 4. The maximum atomic E-state index is 12.5. The molecule has 0 aliphatic heterocycles. The summed E-state index contributed by atoms with van der Waals surface area (Å²) in [5, 5.41) is 15.2. The number of nitrogens with one attached hydrogen (secondary N) is 1. The van der Waals surface area contributed by atoms with Gasteiger partial charge in [0.2, 0.25) is 5.91 Å². The van der Waals surface area contributed by atoms with Gasteiger partial charge in [0.15, 0.2) is 5.16 Å². The van der Waals surface area contributed by atoms with E-state index in [0.29, 0.717) is 6.54 Å². The Labute approximate surface area is 197 Å². The Morgan fingerprint density at radius 2 is 1.79 bits per heavy atom. The molecule has 1 heterocycles. The van der Waals surface area contributed by atoms with E-state index in [1.807, 2.05) is 30.3 Å². The molecule has 0 bridgehead atoms. The molecular formula is C27H24N4OS. The summed E-state index contributed by atoms with van der Waals surface area (Å²) in [6, 6.07) is 24.3. The van der Waals surface area contributed by atoms with Gasteiger partial charge in [-0.3, -0.25) is 4.79 Å². The number of amides is 1. The lowest BCUT2D eigenvalue weighted by molar-refractivity contribution is -0.113. The number of aromatic nitrogens is 3. The Balaban J connectivity index is 1.41. The zero-order valence-electron chi connectivity index (χ0n) is 18.1. The highest BCUT2D eigenvalue weighted by Crippen LogP contribution is 2.29. The first-order valence-electron chi connectivity index (χ1n) is 11.0. The first-order chi connectivity index (χ1) is 16.3. The van der Waals surface area contributed by atoms with E-state index in [4.69, 9.17) is 0 Å². The van der Waals surface area contributed by atoms with E-state index in [0.717, 1.165) is 23.1 Å². The van der Waals surface area contributed by atoms with Crippen molar-refractivity contribution in [3.8, 4) is 0 Å². The van der Waals surface area contributed by atoms with Crippen LogP contribution in [0.3, 0.4) is 0 Å². The quantitative estimate of drug-likeness (QED) is 0.360. The minimum atomic E-state index is -0.0621. The molecule has 0 saturated carbocycles. The first kappa shape index (κ1) is 21.2. The summed E-state index contributed by atoms with van der Waals surface area (Å²) in [4.78, 5) is 12.5. The fourth-order valence-corrected chi connectivity index (χ4v) is 4.80. The van der Waals surface area contributed by atoms with Crippen LogP contribution in [0.1, 0.15) is 23.7 Å². The van der Waals surface area contributed by atoms with Gasteiger partial charge in [0.25, 0.3) is 0 Å². The van der Waals surface area contributed by atoms with Gasteiger partial charge < -0.3 is 9.88 Å². The minimum absolute atomic E-state index is 0.0621. The zero-order chi connectivity index (χ0) is 22.5. The molecule has 5 rings (SSSR count). The number of para-hydroxylation sites is 1. The van der Waals surface area contributed by atoms with Crippen LogP contribution in [0.25, 0.3) is 10.8 Å². The molecule has 5 nitrogen and oxygen atoms in total. The topological polar surface area (TPSA) is 59.8 Å². The van der Waals surface area contributed by atoms with Crippen molar-refractivity contribution >= 4 is 34.1 Å². The smallest absolute Gasteiger partial charge is 0.234 e. The third kappa shape index (κ3) is 4.91. The fraction of sp³-hybridized carbons (Fsp3) is 0.148. The van der Waals surface area contributed by atoms with E-state index in [1.54, 1.807) is 0 Å². The summed E-state index contributed by atoms with van der Waals surface area (Å²) in [5.74, 6) is 1.30. The summed E-state index contributed by atoms with van der Waals surface area (Å²) in [6.07, 6.45) is 9.34. The molecule has 1 amide bonds. The van der Waals surface area contributed by atoms with Crippen molar-refractivity contribution in [2.45, 2.75) is 24.0 Å². The van der Waals surface area contributed by atoms with E-state index >= 15 is 0 Å². The third-order valence-corrected chi connectivity index (χ3v) is 6.62. The molecule has 0 radical (unpaired) electrons. The van der Waals surface area contributed by atoms with Crippen molar-refractivity contribution in [1.82, 2.24) is 14.8 Å². The second kappa shape index (κ2) is 9.88. The highest BCUT2D eigenvalue weighted by atomic mass is 32.2. The molecule has 1 aromatic heterocycles. The molecule has 1 atom stereocenters. The normalized spacial score (nSPS) is 15.1. The van der Waals surface area contributed by atoms with Crippen LogP contribution >= 0.6 is 11.8 Å². The number of thioether (sulfide) groups is 1. The van der Waals surface area contributed by atoms with E-state index in [9.17, 15) is 4.79 Å². The monoisotopic (exact) mass is 452 g/mol. The van der Waals surface area contributed by atoms with Crippen LogP contribution in [0.15, 0.2) is 102 Å². The predicted octanol–water partition coefficient (Wildman–Crippen LogP) is 5.81. The van der Waals surface area contributed by atoms with Gasteiger partial charge in [-0.2, -0.15) is 0 Å². The van der Waals surface area contributed by atoms with Crippen LogP contribution in [0.5, 0.6) is 0 Å². The van der Waals surface area contributed by atoms with Gasteiger partial charge in [0.05, 0.1) is 12.3 Å². The molecular weight excluding hydrogens is 428 g/mol. The van der Waals surface area contributed by atoms with Crippen molar-refractivity contribution in [3.05, 3.63) is 108 Å². The molecule has 1 unspecified atom stereocenters. The van der Waals surface area contributed by atoms with Crippen molar-refractivity contribution in [2.24, 2.45) is 0 Å². The second-order valence-electron chi connectivity index (χ2n) is 7.92. The SMILES string of the molecule is O=C(CSc1nnc(C2C=CC=CC2)n1Cc1cccc2ccccc12)Nc1ccccc1. The highest BCUT2D eigenvalue weighted by molar-refractivity contribution is 7.99. The van der Waals surface area contributed by atoms with E-state index in [-0.39, 0.29) is 17.6 Å². The number of carbonyl (C=O) groups is 1. The molecule has 1 aliphatic rings. The Morgan fingerprint density at radius 3 is 2.64 bits per heavy atom. The number of hydrogen-bond donors (Lipinski definition) is 1. The molecule has 0 spiro atoms. The third-order valence-electron chi connectivity index (χ3n) is 5.66. The number of anilines is 1. The maximum Gasteiger partial charge on any atom is 0.234 e. The van der Waals surface area contributed by atoms with E-state index in [1.165, 1.54) is 28.1 Å². The summed E-state index contributed by atoms with van der Waals surface area (Å²) >= 11 is 1.42. The summed E-state index contributed by atoms with van der Waals surface area (Å²) in [6.45, 7) is 0.653. The zero-order valence-corrected chi connectivity index (χ0v) is 18.9. The predicted molar refractivity (Wildman–Crippen MR) is 135 cm³/mol. The first-order valence-corrected chi connectivity index (χ1v) is 12.0. The van der Waals surface area contributed by atoms with Crippen molar-refractivity contribution < 1.29 is 4.79 Å². The number of fused-ring (bicyclic) bond motifs is 1. The largest absolute Gasteiger partial charge is 0.325 e. The number of rotatable bonds is 7. The van der Waals surface area contributed by atoms with Crippen LogP contribution in [0, 0.1) is 0 Å². The van der Waals surface area contributed by atoms with Crippen molar-refractivity contribution in [1.29, 1.82) is 0 Å². The molecule has 164 valence electrons. The molecule has 33 heavy (non-hydrogen) atoms. The summed E-state index contributed by atoms with van der Waals surface area (Å²) in [5.41, 5.74) is 2.00. The van der Waals surface area contributed by atoms with Gasteiger partial charge >= 0.3 is 0 Å². The lowest BCUT2D eigenvalue weighted by atomic mass is 9.99. The second-order valence-corrected chi connectivity index (χ2v) is 8.87. The average molecular weight is 453 g/mol. The number of nitrogens with zero attached hydrogens (tertiary/aromatic N) is 3. The molecule has 0 saturated heterocycles. The van der Waals surface area contributed by atoms with E-state index in [2.05, 4.69) is 86.8 Å². The standard InChI is InChI=1S/C27H24N4OS/c32-25(28-23-15-5-2-6-16-23)19-33-27-30-29-26(21-11-3-1-4-12-21)31(27)18-22-14-9-13-20-10-7-8-17-24(20)22/h1-11,13-17,21H,12,18-19H2,(H,28,32). The summed E-state index contributed by atoms with van der Waals surface area (Å²) in [7, 11) is 0. The summed E-state index contributed by atoms with van der Waals surface area (Å²) < 4.78 is 2.16. The molecule has 3 aromatic carbocycles. The highest BCUT2D eigenvalue weighted by Gasteiger charge is 2.21.